The van der Waals surface area contributed by atoms with Crippen molar-refractivity contribution < 1.29 is 4.39 Å². The number of hydrogen-bond acceptors (Lipinski definition) is 1. The maximum atomic E-state index is 13.4. The van der Waals surface area contributed by atoms with E-state index in [4.69, 9.17) is 0 Å². The molecule has 4 heteroatoms. The highest BCUT2D eigenvalue weighted by molar-refractivity contribution is 5.79. The van der Waals surface area contributed by atoms with Crippen LogP contribution in [0.5, 0.6) is 0 Å². The van der Waals surface area contributed by atoms with Gasteiger partial charge in [-0.05, 0) is 13.0 Å². The van der Waals surface area contributed by atoms with Crippen molar-refractivity contribution in [3.05, 3.63) is 48.3 Å². The highest BCUT2D eigenvalue weighted by Gasteiger charge is 2.00. The largest absolute Gasteiger partial charge is 0.357 e. The molecule has 0 fully saturated rings. The average Bonchev–Trinajstić information content (AvgIpc) is 2.34. The molecule has 0 unspecified atom stereocenters. The molecule has 0 aromatic heterocycles. The Hall–Kier alpha value is -1.84. The monoisotopic (exact) mass is 235 g/mol. The van der Waals surface area contributed by atoms with Crippen molar-refractivity contribution >= 4 is 5.96 Å². The van der Waals surface area contributed by atoms with Crippen LogP contribution in [0.2, 0.25) is 0 Å². The van der Waals surface area contributed by atoms with Crippen LogP contribution in [0.15, 0.2) is 41.9 Å². The van der Waals surface area contributed by atoms with Gasteiger partial charge in [-0.3, -0.25) is 0 Å². The maximum Gasteiger partial charge on any atom is 0.191 e. The van der Waals surface area contributed by atoms with Crippen LogP contribution < -0.4 is 10.6 Å². The van der Waals surface area contributed by atoms with Gasteiger partial charge in [0.1, 0.15) is 5.82 Å². The van der Waals surface area contributed by atoms with E-state index in [-0.39, 0.29) is 5.82 Å². The number of hydrogen-bond donors (Lipinski definition) is 2. The first-order chi connectivity index (χ1) is 8.27. The molecule has 17 heavy (non-hydrogen) atoms. The van der Waals surface area contributed by atoms with Crippen molar-refractivity contribution in [2.75, 3.05) is 13.1 Å². The Kier molecular flexibility index (Phi) is 5.79. The van der Waals surface area contributed by atoms with Gasteiger partial charge in [0, 0.05) is 18.7 Å². The summed E-state index contributed by atoms with van der Waals surface area (Å²) in [6.45, 7) is 7.31. The highest BCUT2D eigenvalue weighted by atomic mass is 19.1. The van der Waals surface area contributed by atoms with Crippen molar-refractivity contribution in [3.8, 4) is 0 Å². The average molecular weight is 235 g/mol. The molecule has 1 aromatic rings. The zero-order valence-electron chi connectivity index (χ0n) is 10.0. The van der Waals surface area contributed by atoms with Crippen LogP contribution in [-0.2, 0) is 6.54 Å². The third kappa shape index (κ3) is 4.68. The SMILES string of the molecule is C=CCNC(=NCc1ccccc1F)NCC. The van der Waals surface area contributed by atoms with Gasteiger partial charge >= 0.3 is 0 Å². The third-order valence-electron chi connectivity index (χ3n) is 2.12. The zero-order chi connectivity index (χ0) is 12.5. The van der Waals surface area contributed by atoms with Crippen LogP contribution in [0, 0.1) is 5.82 Å². The number of aliphatic imine (C=N–C) groups is 1. The van der Waals surface area contributed by atoms with Gasteiger partial charge in [0.05, 0.1) is 6.54 Å². The van der Waals surface area contributed by atoms with E-state index in [0.717, 1.165) is 6.54 Å². The Bertz CT molecular complexity index is 388. The molecule has 0 spiro atoms. The fourth-order valence-electron chi connectivity index (χ4n) is 1.30. The number of rotatable bonds is 5. The van der Waals surface area contributed by atoms with Gasteiger partial charge < -0.3 is 10.6 Å². The molecule has 0 bridgehead atoms. The summed E-state index contributed by atoms with van der Waals surface area (Å²) in [6, 6.07) is 6.65. The van der Waals surface area contributed by atoms with E-state index in [1.54, 1.807) is 24.3 Å². The summed E-state index contributed by atoms with van der Waals surface area (Å²) in [4.78, 5) is 4.29. The molecular formula is C13H18FN3. The molecule has 92 valence electrons. The van der Waals surface area contributed by atoms with Crippen LogP contribution in [0.25, 0.3) is 0 Å². The molecule has 0 atom stereocenters. The Balaban J connectivity index is 2.64. The predicted octanol–water partition coefficient (Wildman–Crippen LogP) is 2.07. The molecule has 0 saturated heterocycles. The zero-order valence-corrected chi connectivity index (χ0v) is 10.0. The summed E-state index contributed by atoms with van der Waals surface area (Å²) < 4.78 is 13.4. The molecule has 0 aliphatic rings. The first kappa shape index (κ1) is 13.2. The molecule has 3 nitrogen and oxygen atoms in total. The van der Waals surface area contributed by atoms with Crippen molar-refractivity contribution in [1.82, 2.24) is 10.6 Å². The van der Waals surface area contributed by atoms with Crippen LogP contribution >= 0.6 is 0 Å². The van der Waals surface area contributed by atoms with Gasteiger partial charge in [-0.25, -0.2) is 9.38 Å². The number of halogens is 1. The molecule has 0 aliphatic carbocycles. The van der Waals surface area contributed by atoms with Gasteiger partial charge in [-0.1, -0.05) is 24.3 Å². The topological polar surface area (TPSA) is 36.4 Å². The molecule has 2 N–H and O–H groups in total. The van der Waals surface area contributed by atoms with Gasteiger partial charge in [-0.2, -0.15) is 0 Å². The summed E-state index contributed by atoms with van der Waals surface area (Å²) in [5, 5.41) is 6.13. The van der Waals surface area contributed by atoms with E-state index in [1.165, 1.54) is 6.07 Å². The van der Waals surface area contributed by atoms with E-state index in [9.17, 15) is 4.39 Å². The predicted molar refractivity (Wildman–Crippen MR) is 69.4 cm³/mol. The van der Waals surface area contributed by atoms with Crippen LogP contribution in [0.1, 0.15) is 12.5 Å². The molecule has 0 radical (unpaired) electrons. The number of nitrogens with one attached hydrogen (secondary N) is 2. The molecule has 1 aromatic carbocycles. The molecule has 1 rings (SSSR count). The summed E-state index contributed by atoms with van der Waals surface area (Å²) in [6.07, 6.45) is 1.75. The lowest BCUT2D eigenvalue weighted by Gasteiger charge is -2.09. The lowest BCUT2D eigenvalue weighted by molar-refractivity contribution is 0.610. The van der Waals surface area contributed by atoms with Crippen LogP contribution in [0.4, 0.5) is 4.39 Å². The highest BCUT2D eigenvalue weighted by Crippen LogP contribution is 2.07. The quantitative estimate of drug-likeness (QED) is 0.465. The van der Waals surface area contributed by atoms with Crippen molar-refractivity contribution in [1.29, 1.82) is 0 Å². The van der Waals surface area contributed by atoms with E-state index in [2.05, 4.69) is 22.2 Å². The second-order valence-corrected chi connectivity index (χ2v) is 3.46. The molecule has 0 saturated carbocycles. The number of guanidine groups is 1. The Morgan fingerprint density at radius 3 is 2.82 bits per heavy atom. The minimum absolute atomic E-state index is 0.226. The van der Waals surface area contributed by atoms with E-state index in [0.29, 0.717) is 24.6 Å². The van der Waals surface area contributed by atoms with E-state index in [1.807, 2.05) is 6.92 Å². The summed E-state index contributed by atoms with van der Waals surface area (Å²) >= 11 is 0. The number of benzene rings is 1. The number of nitrogens with zero attached hydrogens (tertiary/aromatic N) is 1. The lowest BCUT2D eigenvalue weighted by atomic mass is 10.2. The van der Waals surface area contributed by atoms with Gasteiger partial charge in [0.2, 0.25) is 0 Å². The normalized spacial score (nSPS) is 11.1. The fourth-order valence-corrected chi connectivity index (χ4v) is 1.30. The molecular weight excluding hydrogens is 217 g/mol. The summed E-state index contributed by atoms with van der Waals surface area (Å²) in [5.41, 5.74) is 0.586. The second kappa shape index (κ2) is 7.44. The lowest BCUT2D eigenvalue weighted by Crippen LogP contribution is -2.37. The minimum atomic E-state index is -0.226. The maximum absolute atomic E-state index is 13.4. The van der Waals surface area contributed by atoms with Gasteiger partial charge in [0.15, 0.2) is 5.96 Å². The molecule has 0 amide bonds. The Morgan fingerprint density at radius 2 is 2.18 bits per heavy atom. The van der Waals surface area contributed by atoms with Crippen LogP contribution in [0.3, 0.4) is 0 Å². The second-order valence-electron chi connectivity index (χ2n) is 3.46. The Morgan fingerprint density at radius 1 is 1.41 bits per heavy atom. The van der Waals surface area contributed by atoms with Crippen molar-refractivity contribution in [2.24, 2.45) is 4.99 Å². The van der Waals surface area contributed by atoms with E-state index >= 15 is 0 Å². The summed E-state index contributed by atoms with van der Waals surface area (Å²) in [7, 11) is 0. The fraction of sp³-hybridized carbons (Fsp3) is 0.308. The van der Waals surface area contributed by atoms with Crippen molar-refractivity contribution in [3.63, 3.8) is 0 Å². The van der Waals surface area contributed by atoms with Crippen molar-refractivity contribution in [2.45, 2.75) is 13.5 Å². The smallest absolute Gasteiger partial charge is 0.191 e. The standard InChI is InChI=1S/C13H18FN3/c1-3-9-16-13(15-4-2)17-10-11-7-5-6-8-12(11)14/h3,5-8H,1,4,9-10H2,2H3,(H2,15,16,17). The van der Waals surface area contributed by atoms with Gasteiger partial charge in [0.25, 0.3) is 0 Å². The Labute approximate surface area is 101 Å². The first-order valence-electron chi connectivity index (χ1n) is 5.64. The third-order valence-corrected chi connectivity index (χ3v) is 2.12. The van der Waals surface area contributed by atoms with Crippen LogP contribution in [-0.4, -0.2) is 19.0 Å². The minimum Gasteiger partial charge on any atom is -0.357 e. The first-order valence-corrected chi connectivity index (χ1v) is 5.64. The van der Waals surface area contributed by atoms with Gasteiger partial charge in [-0.15, -0.1) is 6.58 Å². The molecule has 0 aliphatic heterocycles. The van der Waals surface area contributed by atoms with E-state index < -0.39 is 0 Å². The molecule has 0 heterocycles. The summed E-state index contributed by atoms with van der Waals surface area (Å²) in [5.74, 6) is 0.437.